The SMILES string of the molecule is COc1cc2c(c(-c3c(OC)cccc3OC)c1)[P@](=O)(C(C)(C)C)CO2. The molecule has 3 rings (SSSR count). The average molecular weight is 376 g/mol. The highest BCUT2D eigenvalue weighted by Crippen LogP contribution is 2.64. The summed E-state index contributed by atoms with van der Waals surface area (Å²) in [4.78, 5) is 0. The molecule has 0 saturated carbocycles. The van der Waals surface area contributed by atoms with Crippen molar-refractivity contribution in [2.75, 3.05) is 27.7 Å². The Morgan fingerprint density at radius 1 is 1.00 bits per heavy atom. The van der Waals surface area contributed by atoms with Gasteiger partial charge in [0, 0.05) is 16.8 Å². The summed E-state index contributed by atoms with van der Waals surface area (Å²) in [6.07, 6.45) is 0.184. The van der Waals surface area contributed by atoms with Gasteiger partial charge in [0.25, 0.3) is 0 Å². The molecular weight excluding hydrogens is 351 g/mol. The molecule has 0 aromatic heterocycles. The van der Waals surface area contributed by atoms with Crippen LogP contribution in [0.4, 0.5) is 0 Å². The summed E-state index contributed by atoms with van der Waals surface area (Å²) in [6, 6.07) is 9.27. The molecule has 26 heavy (non-hydrogen) atoms. The molecule has 0 spiro atoms. The first-order valence-corrected chi connectivity index (χ1v) is 10.3. The van der Waals surface area contributed by atoms with Crippen LogP contribution in [0.2, 0.25) is 0 Å². The van der Waals surface area contributed by atoms with Gasteiger partial charge in [0.05, 0.1) is 32.2 Å². The van der Waals surface area contributed by atoms with Gasteiger partial charge in [0.2, 0.25) is 0 Å². The minimum Gasteiger partial charge on any atom is -0.497 e. The van der Waals surface area contributed by atoms with Gasteiger partial charge >= 0.3 is 0 Å². The summed E-state index contributed by atoms with van der Waals surface area (Å²) in [5.74, 6) is 2.53. The van der Waals surface area contributed by atoms with Crippen LogP contribution in [-0.2, 0) is 4.57 Å². The zero-order valence-electron chi connectivity index (χ0n) is 16.1. The van der Waals surface area contributed by atoms with E-state index in [9.17, 15) is 4.57 Å². The monoisotopic (exact) mass is 376 g/mol. The fraction of sp³-hybridized carbons (Fsp3) is 0.400. The fourth-order valence-electron chi connectivity index (χ4n) is 3.24. The van der Waals surface area contributed by atoms with Crippen molar-refractivity contribution in [3.05, 3.63) is 30.3 Å². The molecular formula is C20H25O5P. The Hall–Kier alpha value is -2.13. The highest BCUT2D eigenvalue weighted by molar-refractivity contribution is 7.73. The summed E-state index contributed by atoms with van der Waals surface area (Å²) in [6.45, 7) is 5.96. The number of benzene rings is 2. The van der Waals surface area contributed by atoms with E-state index >= 15 is 0 Å². The van der Waals surface area contributed by atoms with Gasteiger partial charge in [-0.05, 0) is 18.2 Å². The number of fused-ring (bicyclic) bond motifs is 1. The number of hydrogen-bond donors (Lipinski definition) is 0. The van der Waals surface area contributed by atoms with Crippen molar-refractivity contribution in [1.82, 2.24) is 0 Å². The minimum absolute atomic E-state index is 0.184. The molecule has 2 aromatic carbocycles. The molecule has 5 nitrogen and oxygen atoms in total. The molecule has 0 N–H and O–H groups in total. The molecule has 6 heteroatoms. The Kier molecular flexibility index (Phi) is 4.70. The number of hydrogen-bond acceptors (Lipinski definition) is 5. The van der Waals surface area contributed by atoms with Crippen LogP contribution in [0.15, 0.2) is 30.3 Å². The van der Waals surface area contributed by atoms with Gasteiger partial charge in [-0.2, -0.15) is 0 Å². The third kappa shape index (κ3) is 2.75. The Bertz CT molecular complexity index is 860. The van der Waals surface area contributed by atoms with Crippen molar-refractivity contribution in [2.45, 2.75) is 25.9 Å². The van der Waals surface area contributed by atoms with Crippen LogP contribution in [0.1, 0.15) is 20.8 Å². The molecule has 1 aliphatic rings. The second kappa shape index (κ2) is 6.55. The first-order chi connectivity index (χ1) is 12.3. The molecule has 2 aromatic rings. The molecule has 0 unspecified atom stereocenters. The zero-order valence-corrected chi connectivity index (χ0v) is 17.0. The second-order valence-electron chi connectivity index (χ2n) is 7.24. The molecule has 1 heterocycles. The van der Waals surface area contributed by atoms with Crippen LogP contribution < -0.4 is 24.3 Å². The van der Waals surface area contributed by atoms with Crippen molar-refractivity contribution in [3.63, 3.8) is 0 Å². The highest BCUT2D eigenvalue weighted by Gasteiger charge is 2.47. The van der Waals surface area contributed by atoms with Crippen LogP contribution in [0.5, 0.6) is 23.0 Å². The maximum atomic E-state index is 14.0. The van der Waals surface area contributed by atoms with Crippen LogP contribution in [0, 0.1) is 0 Å². The van der Waals surface area contributed by atoms with Crippen molar-refractivity contribution in [2.24, 2.45) is 0 Å². The summed E-state index contributed by atoms with van der Waals surface area (Å²) in [5.41, 5.74) is 1.52. The van der Waals surface area contributed by atoms with Gasteiger partial charge in [-0.3, -0.25) is 0 Å². The first-order valence-electron chi connectivity index (χ1n) is 8.42. The molecule has 1 atom stereocenters. The van der Waals surface area contributed by atoms with Gasteiger partial charge < -0.3 is 23.5 Å². The number of rotatable bonds is 4. The lowest BCUT2D eigenvalue weighted by Crippen LogP contribution is -2.23. The van der Waals surface area contributed by atoms with Crippen LogP contribution in [-0.4, -0.2) is 32.8 Å². The average Bonchev–Trinajstić information content (AvgIpc) is 2.98. The van der Waals surface area contributed by atoms with E-state index in [1.807, 2.05) is 45.0 Å². The van der Waals surface area contributed by atoms with E-state index < -0.39 is 12.3 Å². The summed E-state index contributed by atoms with van der Waals surface area (Å²) in [7, 11) is 1.99. The van der Waals surface area contributed by atoms with Crippen molar-refractivity contribution in [3.8, 4) is 34.1 Å². The highest BCUT2D eigenvalue weighted by atomic mass is 31.2. The molecule has 0 fully saturated rings. The topological polar surface area (TPSA) is 54.0 Å². The van der Waals surface area contributed by atoms with E-state index in [2.05, 4.69) is 0 Å². The second-order valence-corrected chi connectivity index (χ2v) is 10.8. The number of methoxy groups -OCH3 is 3. The maximum Gasteiger partial charge on any atom is 0.160 e. The normalized spacial score (nSPS) is 18.8. The minimum atomic E-state index is -2.83. The van der Waals surface area contributed by atoms with Crippen molar-refractivity contribution < 1.29 is 23.5 Å². The molecule has 0 bridgehead atoms. The van der Waals surface area contributed by atoms with Crippen molar-refractivity contribution >= 4 is 12.4 Å². The summed E-state index contributed by atoms with van der Waals surface area (Å²) in [5, 5.41) is 0.296. The van der Waals surface area contributed by atoms with Gasteiger partial charge in [0.15, 0.2) is 7.14 Å². The Balaban J connectivity index is 2.41. The molecule has 0 aliphatic carbocycles. The van der Waals surface area contributed by atoms with Gasteiger partial charge in [-0.25, -0.2) is 0 Å². The predicted molar refractivity (Wildman–Crippen MR) is 104 cm³/mol. The number of ether oxygens (including phenoxy) is 4. The lowest BCUT2D eigenvalue weighted by molar-refractivity contribution is 0.380. The third-order valence-corrected chi connectivity index (χ3v) is 8.67. The van der Waals surface area contributed by atoms with Gasteiger partial charge in [-0.1, -0.05) is 26.8 Å². The van der Waals surface area contributed by atoms with E-state index in [-0.39, 0.29) is 6.35 Å². The van der Waals surface area contributed by atoms with Crippen molar-refractivity contribution in [1.29, 1.82) is 0 Å². The summed E-state index contributed by atoms with van der Waals surface area (Å²) >= 11 is 0. The maximum absolute atomic E-state index is 14.0. The van der Waals surface area contributed by atoms with Crippen LogP contribution >= 0.6 is 7.14 Å². The first kappa shape index (κ1) is 18.7. The third-order valence-electron chi connectivity index (χ3n) is 4.83. The van der Waals surface area contributed by atoms with Crippen LogP contribution in [0.25, 0.3) is 11.1 Å². The molecule has 1 aliphatic heterocycles. The Morgan fingerprint density at radius 2 is 1.62 bits per heavy atom. The largest absolute Gasteiger partial charge is 0.497 e. The smallest absolute Gasteiger partial charge is 0.160 e. The Morgan fingerprint density at radius 3 is 2.12 bits per heavy atom. The summed E-state index contributed by atoms with van der Waals surface area (Å²) < 4.78 is 36.5. The van der Waals surface area contributed by atoms with E-state index in [1.54, 1.807) is 27.4 Å². The van der Waals surface area contributed by atoms with Gasteiger partial charge in [-0.15, -0.1) is 0 Å². The molecule has 0 amide bonds. The molecule has 140 valence electrons. The van der Waals surface area contributed by atoms with E-state index in [4.69, 9.17) is 18.9 Å². The van der Waals surface area contributed by atoms with E-state index in [0.717, 1.165) is 16.4 Å². The lowest BCUT2D eigenvalue weighted by Gasteiger charge is -2.28. The fourth-order valence-corrected chi connectivity index (χ4v) is 5.80. The van der Waals surface area contributed by atoms with Gasteiger partial charge in [0.1, 0.15) is 29.3 Å². The lowest BCUT2D eigenvalue weighted by atomic mass is 10.0. The van der Waals surface area contributed by atoms with E-state index in [1.165, 1.54) is 0 Å². The zero-order chi connectivity index (χ0) is 19.1. The van der Waals surface area contributed by atoms with Crippen LogP contribution in [0.3, 0.4) is 0 Å². The molecule has 0 saturated heterocycles. The standard InChI is InChI=1S/C20H25O5P/c1-20(2,3)26(21)12-25-17-11-13(22-4)10-14(19(17)26)18-15(23-5)8-7-9-16(18)24-6/h7-11H,12H2,1-6H3/t26-/m0/s1. The van der Waals surface area contributed by atoms with E-state index in [0.29, 0.717) is 23.0 Å². The quantitative estimate of drug-likeness (QED) is 0.735. The predicted octanol–water partition coefficient (Wildman–Crippen LogP) is 4.52. The molecule has 0 radical (unpaired) electrons. The Labute approximate surface area is 154 Å².